The number of ketones is 1. The minimum absolute atomic E-state index is 0.189. The number of hydrogen-bond donors (Lipinski definition) is 0. The molecule has 0 saturated heterocycles. The maximum Gasteiger partial charge on any atom is 0.404 e. The second kappa shape index (κ2) is 4.62. The molecule has 0 fully saturated rings. The monoisotopic (exact) mass is 270 g/mol. The van der Waals surface area contributed by atoms with Crippen molar-refractivity contribution in [3.05, 3.63) is 35.4 Å². The third-order valence-corrected chi connectivity index (χ3v) is 2.28. The average Bonchev–Trinajstić information content (AvgIpc) is 2.13. The summed E-state index contributed by atoms with van der Waals surface area (Å²) in [7, 11) is 0. The standard InChI is InChI=1S/C11H8F6O/c1-6(18)7-3-2-4-8(5-7)9(10(12,13)14)11(15,16)17/h2-5,9H,1H3. The van der Waals surface area contributed by atoms with E-state index in [1.165, 1.54) is 0 Å². The second-order valence-electron chi connectivity index (χ2n) is 3.70. The highest BCUT2D eigenvalue weighted by atomic mass is 19.4. The summed E-state index contributed by atoms with van der Waals surface area (Å²) in [5.41, 5.74) is -1.17. The molecule has 0 atom stereocenters. The number of carbonyl (C=O) groups is 1. The van der Waals surface area contributed by atoms with E-state index in [1.807, 2.05) is 0 Å². The van der Waals surface area contributed by atoms with Crippen LogP contribution in [0.2, 0.25) is 0 Å². The SMILES string of the molecule is CC(=O)c1cccc(C(C(F)(F)F)C(F)(F)F)c1. The number of Topliss-reactive ketones (excluding diaryl/α,β-unsaturated/α-hetero) is 1. The molecule has 0 bridgehead atoms. The van der Waals surface area contributed by atoms with E-state index < -0.39 is 29.6 Å². The molecule has 18 heavy (non-hydrogen) atoms. The van der Waals surface area contributed by atoms with E-state index in [-0.39, 0.29) is 5.56 Å². The van der Waals surface area contributed by atoms with E-state index >= 15 is 0 Å². The second-order valence-corrected chi connectivity index (χ2v) is 3.70. The molecule has 0 aliphatic rings. The van der Waals surface area contributed by atoms with Gasteiger partial charge in [0.05, 0.1) is 0 Å². The predicted molar refractivity (Wildman–Crippen MR) is 51.3 cm³/mol. The first-order chi connectivity index (χ1) is 8.03. The molecule has 1 nitrogen and oxygen atoms in total. The van der Waals surface area contributed by atoms with E-state index in [4.69, 9.17) is 0 Å². The van der Waals surface area contributed by atoms with Gasteiger partial charge in [0.25, 0.3) is 0 Å². The molecule has 1 rings (SSSR count). The summed E-state index contributed by atoms with van der Waals surface area (Å²) in [4.78, 5) is 11.0. The fourth-order valence-electron chi connectivity index (χ4n) is 1.50. The van der Waals surface area contributed by atoms with Gasteiger partial charge in [-0.3, -0.25) is 4.79 Å². The molecule has 1 aromatic rings. The number of halogens is 6. The average molecular weight is 270 g/mol. The zero-order valence-corrected chi connectivity index (χ0v) is 9.06. The van der Waals surface area contributed by atoms with Gasteiger partial charge >= 0.3 is 12.4 Å². The van der Waals surface area contributed by atoms with Crippen LogP contribution in [0.1, 0.15) is 28.8 Å². The minimum Gasteiger partial charge on any atom is -0.295 e. The van der Waals surface area contributed by atoms with Crippen LogP contribution in [0, 0.1) is 0 Å². The number of benzene rings is 1. The van der Waals surface area contributed by atoms with Gasteiger partial charge in [-0.2, -0.15) is 26.3 Å². The van der Waals surface area contributed by atoms with Crippen molar-refractivity contribution in [2.45, 2.75) is 25.2 Å². The highest BCUT2D eigenvalue weighted by Gasteiger charge is 2.57. The van der Waals surface area contributed by atoms with E-state index in [1.54, 1.807) is 0 Å². The van der Waals surface area contributed by atoms with Crippen molar-refractivity contribution in [1.82, 2.24) is 0 Å². The van der Waals surface area contributed by atoms with Crippen LogP contribution in [0.4, 0.5) is 26.3 Å². The molecule has 0 heterocycles. The van der Waals surface area contributed by atoms with E-state index in [0.29, 0.717) is 12.1 Å². The van der Waals surface area contributed by atoms with Gasteiger partial charge in [-0.25, -0.2) is 0 Å². The summed E-state index contributed by atoms with van der Waals surface area (Å²) in [6.07, 6.45) is -10.9. The topological polar surface area (TPSA) is 17.1 Å². The lowest BCUT2D eigenvalue weighted by atomic mass is 9.95. The summed E-state index contributed by atoms with van der Waals surface area (Å²) < 4.78 is 74.6. The van der Waals surface area contributed by atoms with Gasteiger partial charge in [-0.15, -0.1) is 0 Å². The Kier molecular flexibility index (Phi) is 3.73. The first-order valence-electron chi connectivity index (χ1n) is 4.78. The van der Waals surface area contributed by atoms with Gasteiger partial charge < -0.3 is 0 Å². The van der Waals surface area contributed by atoms with Gasteiger partial charge in [0.1, 0.15) is 0 Å². The van der Waals surface area contributed by atoms with Crippen molar-refractivity contribution in [2.75, 3.05) is 0 Å². The highest BCUT2D eigenvalue weighted by Crippen LogP contribution is 2.46. The summed E-state index contributed by atoms with van der Waals surface area (Å²) in [6.45, 7) is 1.06. The third kappa shape index (κ3) is 3.24. The van der Waals surface area contributed by atoms with Gasteiger partial charge in [-0.05, 0) is 18.6 Å². The zero-order valence-electron chi connectivity index (χ0n) is 9.06. The summed E-state index contributed by atoms with van der Waals surface area (Å²) in [5, 5.41) is 0. The molecular weight excluding hydrogens is 262 g/mol. The van der Waals surface area contributed by atoms with Crippen LogP contribution in [-0.4, -0.2) is 18.1 Å². The molecule has 0 aliphatic heterocycles. The molecule has 0 amide bonds. The Hall–Kier alpha value is -1.53. The van der Waals surface area contributed by atoms with Crippen LogP contribution < -0.4 is 0 Å². The highest BCUT2D eigenvalue weighted by molar-refractivity contribution is 5.94. The van der Waals surface area contributed by atoms with Crippen LogP contribution in [0.25, 0.3) is 0 Å². The van der Waals surface area contributed by atoms with E-state index in [9.17, 15) is 31.1 Å². The maximum atomic E-state index is 12.4. The zero-order chi connectivity index (χ0) is 14.1. The molecule has 0 aromatic heterocycles. The summed E-state index contributed by atoms with van der Waals surface area (Å²) in [5.74, 6) is -4.18. The third-order valence-electron chi connectivity index (χ3n) is 2.28. The Morgan fingerprint density at radius 2 is 1.56 bits per heavy atom. The van der Waals surface area contributed by atoms with Crippen LogP contribution in [0.3, 0.4) is 0 Å². The maximum absolute atomic E-state index is 12.4. The minimum atomic E-state index is -5.45. The van der Waals surface area contributed by atoms with Gasteiger partial charge in [0.15, 0.2) is 11.7 Å². The molecule has 0 N–H and O–H groups in total. The van der Waals surface area contributed by atoms with Gasteiger partial charge in [0, 0.05) is 5.56 Å². The van der Waals surface area contributed by atoms with Gasteiger partial charge in [-0.1, -0.05) is 18.2 Å². The molecule has 1 aromatic carbocycles. The van der Waals surface area contributed by atoms with Crippen LogP contribution in [-0.2, 0) is 0 Å². The van der Waals surface area contributed by atoms with E-state index in [2.05, 4.69) is 0 Å². The van der Waals surface area contributed by atoms with Crippen LogP contribution in [0.15, 0.2) is 24.3 Å². The van der Waals surface area contributed by atoms with Crippen molar-refractivity contribution in [1.29, 1.82) is 0 Å². The Bertz CT molecular complexity index is 432. The summed E-state index contributed by atoms with van der Waals surface area (Å²) >= 11 is 0. The fraction of sp³-hybridized carbons (Fsp3) is 0.364. The molecular formula is C11H8F6O. The lowest BCUT2D eigenvalue weighted by Crippen LogP contribution is -2.34. The van der Waals surface area contributed by atoms with Crippen molar-refractivity contribution >= 4 is 5.78 Å². The molecule has 0 spiro atoms. The quantitative estimate of drug-likeness (QED) is 0.584. The Labute approximate surface area is 98.4 Å². The predicted octanol–water partition coefficient (Wildman–Crippen LogP) is 4.10. The van der Waals surface area contributed by atoms with Crippen molar-refractivity contribution in [2.24, 2.45) is 0 Å². The largest absolute Gasteiger partial charge is 0.404 e. The molecule has 0 aliphatic carbocycles. The Morgan fingerprint density at radius 1 is 1.06 bits per heavy atom. The smallest absolute Gasteiger partial charge is 0.295 e. The molecule has 100 valence electrons. The van der Waals surface area contributed by atoms with Crippen LogP contribution >= 0.6 is 0 Å². The van der Waals surface area contributed by atoms with Gasteiger partial charge in [0.2, 0.25) is 0 Å². The van der Waals surface area contributed by atoms with Crippen molar-refractivity contribution < 1.29 is 31.1 Å². The Morgan fingerprint density at radius 3 is 1.94 bits per heavy atom. The normalized spacial score (nSPS) is 12.9. The number of rotatable bonds is 2. The molecule has 0 saturated carbocycles. The molecule has 0 radical (unpaired) electrons. The Balaban J connectivity index is 3.31. The number of carbonyl (C=O) groups excluding carboxylic acids is 1. The first kappa shape index (κ1) is 14.5. The number of hydrogen-bond acceptors (Lipinski definition) is 1. The van der Waals surface area contributed by atoms with Crippen molar-refractivity contribution in [3.8, 4) is 0 Å². The van der Waals surface area contributed by atoms with E-state index in [0.717, 1.165) is 19.1 Å². The first-order valence-corrected chi connectivity index (χ1v) is 4.78. The summed E-state index contributed by atoms with van der Waals surface area (Å²) in [6, 6.07) is 3.48. The van der Waals surface area contributed by atoms with Crippen molar-refractivity contribution in [3.63, 3.8) is 0 Å². The number of alkyl halides is 6. The molecule has 0 unspecified atom stereocenters. The fourth-order valence-corrected chi connectivity index (χ4v) is 1.50. The van der Waals surface area contributed by atoms with Crippen LogP contribution in [0.5, 0.6) is 0 Å². The lowest BCUT2D eigenvalue weighted by molar-refractivity contribution is -0.253. The lowest BCUT2D eigenvalue weighted by Gasteiger charge is -2.23. The molecule has 7 heteroatoms.